The molecule has 4 nitrogen and oxygen atoms in total. The van der Waals surface area contributed by atoms with Gasteiger partial charge in [-0.15, -0.1) is 0 Å². The lowest BCUT2D eigenvalue weighted by Crippen LogP contribution is -2.25. The zero-order chi connectivity index (χ0) is 14.6. The molecule has 108 valence electrons. The molecule has 3 atom stereocenters. The van der Waals surface area contributed by atoms with Crippen LogP contribution in [0.3, 0.4) is 0 Å². The number of carbonyl (C=O) groups excluding carboxylic acids is 1. The van der Waals surface area contributed by atoms with Crippen LogP contribution in [0, 0.1) is 17.3 Å². The molecule has 1 N–H and O–H groups in total. The summed E-state index contributed by atoms with van der Waals surface area (Å²) in [5.41, 5.74) is 0.501. The Morgan fingerprint density at radius 1 is 1.14 bits per heavy atom. The van der Waals surface area contributed by atoms with E-state index >= 15 is 0 Å². The van der Waals surface area contributed by atoms with Crippen molar-refractivity contribution in [3.05, 3.63) is 47.5 Å². The number of rotatable bonds is 3. The average molecular weight is 284 g/mol. The second-order valence-electron chi connectivity index (χ2n) is 6.28. The highest BCUT2D eigenvalue weighted by Gasteiger charge is 2.63. The highest BCUT2D eigenvalue weighted by Crippen LogP contribution is 2.68. The van der Waals surface area contributed by atoms with Gasteiger partial charge in [-0.2, -0.15) is 0 Å². The van der Waals surface area contributed by atoms with E-state index in [1.165, 1.54) is 25.0 Å². The minimum atomic E-state index is -1.10. The first-order chi connectivity index (χ1) is 10.1. The Kier molecular flexibility index (Phi) is 2.52. The van der Waals surface area contributed by atoms with Crippen molar-refractivity contribution in [2.75, 3.05) is 0 Å². The fourth-order valence-corrected chi connectivity index (χ4v) is 4.11. The van der Waals surface area contributed by atoms with Gasteiger partial charge in [0.15, 0.2) is 0 Å². The van der Waals surface area contributed by atoms with Gasteiger partial charge in [-0.05, 0) is 42.7 Å². The molecule has 2 saturated carbocycles. The van der Waals surface area contributed by atoms with Gasteiger partial charge >= 0.3 is 11.9 Å². The van der Waals surface area contributed by atoms with Gasteiger partial charge in [-0.25, -0.2) is 9.59 Å². The van der Waals surface area contributed by atoms with E-state index in [0.717, 1.165) is 6.42 Å². The summed E-state index contributed by atoms with van der Waals surface area (Å²) in [6.45, 7) is 0. The van der Waals surface area contributed by atoms with Gasteiger partial charge in [-0.3, -0.25) is 0 Å². The van der Waals surface area contributed by atoms with E-state index in [9.17, 15) is 9.59 Å². The summed E-state index contributed by atoms with van der Waals surface area (Å²) >= 11 is 0. The molecule has 0 heterocycles. The van der Waals surface area contributed by atoms with Crippen molar-refractivity contribution < 1.29 is 19.4 Å². The first-order valence-electron chi connectivity index (χ1n) is 7.33. The molecule has 2 fully saturated rings. The first-order valence-corrected chi connectivity index (χ1v) is 7.33. The minimum absolute atomic E-state index is 0.00216. The van der Waals surface area contributed by atoms with Crippen molar-refractivity contribution in [1.29, 1.82) is 0 Å². The van der Waals surface area contributed by atoms with Crippen molar-refractivity contribution in [2.45, 2.75) is 25.4 Å². The van der Waals surface area contributed by atoms with E-state index < -0.39 is 11.9 Å². The maximum atomic E-state index is 12.3. The minimum Gasteiger partial charge on any atom is -0.478 e. The lowest BCUT2D eigenvalue weighted by atomic mass is 9.93. The molecule has 2 bridgehead atoms. The lowest BCUT2D eigenvalue weighted by Gasteiger charge is -2.20. The van der Waals surface area contributed by atoms with Crippen LogP contribution >= 0.6 is 0 Å². The Labute approximate surface area is 122 Å². The molecule has 0 aromatic heterocycles. The number of allylic oxidation sites excluding steroid dienone is 1. The Morgan fingerprint density at radius 2 is 1.86 bits per heavy atom. The average Bonchev–Trinajstić information content (AvgIpc) is 3.14. The van der Waals surface area contributed by atoms with Crippen LogP contribution in [0.25, 0.3) is 0 Å². The predicted octanol–water partition coefficient (Wildman–Crippen LogP) is 2.90. The van der Waals surface area contributed by atoms with Crippen molar-refractivity contribution in [3.8, 4) is 0 Å². The molecular weight excluding hydrogens is 268 g/mol. The molecule has 21 heavy (non-hydrogen) atoms. The van der Waals surface area contributed by atoms with Crippen LogP contribution in [-0.2, 0) is 4.74 Å². The van der Waals surface area contributed by atoms with Crippen molar-refractivity contribution in [2.24, 2.45) is 17.3 Å². The Balaban J connectivity index is 1.55. The predicted molar refractivity (Wildman–Crippen MR) is 75.0 cm³/mol. The van der Waals surface area contributed by atoms with Crippen LogP contribution < -0.4 is 0 Å². The van der Waals surface area contributed by atoms with Gasteiger partial charge in [0, 0.05) is 5.92 Å². The van der Waals surface area contributed by atoms with Gasteiger partial charge in [0.05, 0.1) is 11.1 Å². The van der Waals surface area contributed by atoms with Crippen LogP contribution in [0.15, 0.2) is 36.4 Å². The molecule has 0 saturated heterocycles. The van der Waals surface area contributed by atoms with E-state index in [0.29, 0.717) is 17.3 Å². The second-order valence-corrected chi connectivity index (χ2v) is 6.28. The molecule has 1 aromatic carbocycles. The Morgan fingerprint density at radius 3 is 2.48 bits per heavy atom. The van der Waals surface area contributed by atoms with Gasteiger partial charge in [0.25, 0.3) is 0 Å². The zero-order valence-electron chi connectivity index (χ0n) is 11.5. The second kappa shape index (κ2) is 4.20. The number of carboxylic acids is 1. The molecule has 3 aliphatic carbocycles. The fourth-order valence-electron chi connectivity index (χ4n) is 4.11. The van der Waals surface area contributed by atoms with E-state index in [1.54, 1.807) is 12.1 Å². The molecule has 1 aromatic rings. The van der Waals surface area contributed by atoms with Crippen LogP contribution in [0.2, 0.25) is 0 Å². The molecule has 3 aliphatic rings. The number of ether oxygens (including phenoxy) is 1. The highest BCUT2D eigenvalue weighted by molar-refractivity contribution is 6.02. The summed E-state index contributed by atoms with van der Waals surface area (Å²) in [4.78, 5) is 23.5. The van der Waals surface area contributed by atoms with Crippen molar-refractivity contribution in [3.63, 3.8) is 0 Å². The third kappa shape index (κ3) is 1.75. The number of benzene rings is 1. The van der Waals surface area contributed by atoms with Gasteiger partial charge in [0.1, 0.15) is 6.10 Å². The molecular formula is C17H16O4. The van der Waals surface area contributed by atoms with Crippen LogP contribution in [0.4, 0.5) is 0 Å². The summed E-state index contributed by atoms with van der Waals surface area (Å²) in [6.07, 6.45) is 7.65. The molecule has 1 spiro atoms. The smallest absolute Gasteiger partial charge is 0.339 e. The summed E-state index contributed by atoms with van der Waals surface area (Å²) in [7, 11) is 0. The summed E-state index contributed by atoms with van der Waals surface area (Å²) < 4.78 is 5.64. The van der Waals surface area contributed by atoms with E-state index in [2.05, 4.69) is 12.2 Å². The van der Waals surface area contributed by atoms with E-state index in [-0.39, 0.29) is 17.2 Å². The summed E-state index contributed by atoms with van der Waals surface area (Å²) in [5, 5.41) is 9.15. The summed E-state index contributed by atoms with van der Waals surface area (Å²) in [5.74, 6) is -0.762. The number of carboxylic acid groups (broad SMARTS) is 1. The third-order valence-corrected chi connectivity index (χ3v) is 5.30. The number of carbonyl (C=O) groups is 2. The van der Waals surface area contributed by atoms with E-state index in [4.69, 9.17) is 9.84 Å². The monoisotopic (exact) mass is 284 g/mol. The van der Waals surface area contributed by atoms with Gasteiger partial charge in [0.2, 0.25) is 0 Å². The molecule has 4 rings (SSSR count). The molecule has 0 unspecified atom stereocenters. The number of esters is 1. The van der Waals surface area contributed by atoms with Gasteiger partial charge in [-0.1, -0.05) is 24.3 Å². The van der Waals surface area contributed by atoms with Crippen LogP contribution in [0.5, 0.6) is 0 Å². The molecule has 0 aliphatic heterocycles. The third-order valence-electron chi connectivity index (χ3n) is 5.30. The number of hydrogen-bond donors (Lipinski definition) is 1. The normalized spacial score (nSPS) is 30.6. The maximum Gasteiger partial charge on any atom is 0.339 e. The van der Waals surface area contributed by atoms with Crippen LogP contribution in [0.1, 0.15) is 40.0 Å². The molecule has 4 heteroatoms. The Bertz CT molecular complexity index is 657. The SMILES string of the molecule is O=C(O)c1ccccc1C(=O)O[C@H]1C[C@@H]2C=C[C@@H]1C21CC1. The van der Waals surface area contributed by atoms with E-state index in [1.807, 2.05) is 0 Å². The highest BCUT2D eigenvalue weighted by atomic mass is 16.5. The topological polar surface area (TPSA) is 63.6 Å². The first kappa shape index (κ1) is 12.6. The zero-order valence-corrected chi connectivity index (χ0v) is 11.5. The van der Waals surface area contributed by atoms with Crippen molar-refractivity contribution in [1.82, 2.24) is 0 Å². The number of hydrogen-bond acceptors (Lipinski definition) is 3. The molecule has 0 radical (unpaired) electrons. The maximum absolute atomic E-state index is 12.3. The standard InChI is InChI=1S/C17H16O4/c18-15(19)11-3-1-2-4-12(11)16(20)21-14-9-10-5-6-13(14)17(10)7-8-17/h1-6,10,13-14H,7-9H2,(H,18,19)/t10-,13-,14-/m0/s1. The molecule has 0 amide bonds. The summed E-state index contributed by atoms with van der Waals surface area (Å²) in [6, 6.07) is 6.22. The number of aromatic carboxylic acids is 1. The fraction of sp³-hybridized carbons (Fsp3) is 0.412. The lowest BCUT2D eigenvalue weighted by molar-refractivity contribution is 0.0216. The largest absolute Gasteiger partial charge is 0.478 e. The van der Waals surface area contributed by atoms with Crippen molar-refractivity contribution >= 4 is 11.9 Å². The Hall–Kier alpha value is -2.10. The van der Waals surface area contributed by atoms with Gasteiger partial charge < -0.3 is 9.84 Å². The van der Waals surface area contributed by atoms with Crippen LogP contribution in [-0.4, -0.2) is 23.1 Å². The quantitative estimate of drug-likeness (QED) is 0.684.